The zero-order valence-corrected chi connectivity index (χ0v) is 10.9. The zero-order chi connectivity index (χ0) is 11.1. The van der Waals surface area contributed by atoms with Crippen molar-refractivity contribution in [1.82, 2.24) is 10.6 Å². The molecule has 15 heavy (non-hydrogen) atoms. The van der Waals surface area contributed by atoms with E-state index in [2.05, 4.69) is 31.1 Å². The Balaban J connectivity index is 0. The lowest BCUT2D eigenvalue weighted by molar-refractivity contribution is -0.118. The van der Waals surface area contributed by atoms with Crippen LogP contribution in [0.2, 0.25) is 0 Å². The molecule has 0 aliphatic carbocycles. The van der Waals surface area contributed by atoms with Crippen molar-refractivity contribution in [3.63, 3.8) is 0 Å². The molecule has 3 nitrogen and oxygen atoms in total. The Morgan fingerprint density at radius 1 is 1.33 bits per heavy atom. The van der Waals surface area contributed by atoms with Crippen molar-refractivity contribution in [3.8, 4) is 0 Å². The lowest BCUT2D eigenvalue weighted by atomic mass is 10.1. The largest absolute Gasteiger partial charge is 0.337 e. The van der Waals surface area contributed by atoms with Gasteiger partial charge in [0, 0.05) is 11.6 Å². The van der Waals surface area contributed by atoms with Crippen LogP contribution in [0.25, 0.3) is 0 Å². The van der Waals surface area contributed by atoms with Gasteiger partial charge in [0.2, 0.25) is 5.91 Å². The highest BCUT2D eigenvalue weighted by molar-refractivity contribution is 5.92. The number of nitrogens with one attached hydrogen (secondary N) is 2. The molecule has 1 amide bonds. The zero-order valence-electron chi connectivity index (χ0n) is 10.1. The third-order valence-electron chi connectivity index (χ3n) is 2.21. The molecule has 0 aliphatic rings. The number of halogens is 1. The molecule has 0 bridgehead atoms. The summed E-state index contributed by atoms with van der Waals surface area (Å²) in [6, 6.07) is 0.468. The van der Waals surface area contributed by atoms with Gasteiger partial charge >= 0.3 is 0 Å². The summed E-state index contributed by atoms with van der Waals surface area (Å²) in [7, 11) is 0. The van der Waals surface area contributed by atoms with E-state index >= 15 is 0 Å². The van der Waals surface area contributed by atoms with Gasteiger partial charge in [0.1, 0.15) is 0 Å². The molecule has 0 saturated heterocycles. The molecule has 0 fully saturated rings. The van der Waals surface area contributed by atoms with E-state index < -0.39 is 0 Å². The van der Waals surface area contributed by atoms with Gasteiger partial charge in [-0.2, -0.15) is 0 Å². The molecular weight excluding hydrogens is 212 g/mol. The smallest absolute Gasteiger partial charge is 0.247 e. The van der Waals surface area contributed by atoms with Crippen LogP contribution in [0.5, 0.6) is 0 Å². The van der Waals surface area contributed by atoms with Gasteiger partial charge in [-0.3, -0.25) is 10.1 Å². The van der Waals surface area contributed by atoms with Crippen molar-refractivity contribution in [2.45, 2.75) is 52.7 Å². The summed E-state index contributed by atoms with van der Waals surface area (Å²) in [5.74, 6) is -0.0871. The van der Waals surface area contributed by atoms with Gasteiger partial charge in [-0.1, -0.05) is 20.4 Å². The standard InChI is InChI=1S/C11H22N2O.ClH/c1-6-10(7-2)12-9(5)13-11(14)8(3)4;/h9-10,12H,3,6-7H2,1-2,4-5H3,(H,13,14);1H. The van der Waals surface area contributed by atoms with Gasteiger partial charge < -0.3 is 5.32 Å². The second-order valence-corrected chi connectivity index (χ2v) is 3.66. The van der Waals surface area contributed by atoms with Gasteiger partial charge in [-0.05, 0) is 26.7 Å². The highest BCUT2D eigenvalue weighted by Crippen LogP contribution is 1.97. The number of hydrogen-bond acceptors (Lipinski definition) is 2. The van der Waals surface area contributed by atoms with Gasteiger partial charge in [-0.25, -0.2) is 0 Å². The minimum absolute atomic E-state index is 0. The molecule has 1 atom stereocenters. The Morgan fingerprint density at radius 2 is 1.80 bits per heavy atom. The SMILES string of the molecule is C=C(C)C(=O)NC(C)NC(CC)CC.Cl. The maximum atomic E-state index is 11.3. The second-order valence-electron chi connectivity index (χ2n) is 3.66. The maximum Gasteiger partial charge on any atom is 0.247 e. The van der Waals surface area contributed by atoms with Gasteiger partial charge in [0.15, 0.2) is 0 Å². The molecule has 4 heteroatoms. The summed E-state index contributed by atoms with van der Waals surface area (Å²) in [6.07, 6.45) is 2.15. The van der Waals surface area contributed by atoms with Gasteiger partial charge in [0.25, 0.3) is 0 Å². The van der Waals surface area contributed by atoms with Crippen molar-refractivity contribution in [2.75, 3.05) is 0 Å². The van der Waals surface area contributed by atoms with Gasteiger partial charge in [0.05, 0.1) is 6.17 Å². The van der Waals surface area contributed by atoms with Crippen LogP contribution in [0.15, 0.2) is 12.2 Å². The predicted molar refractivity (Wildman–Crippen MR) is 67.2 cm³/mol. The number of carbonyl (C=O) groups excluding carboxylic acids is 1. The summed E-state index contributed by atoms with van der Waals surface area (Å²) < 4.78 is 0. The average Bonchev–Trinajstić information content (AvgIpc) is 2.13. The molecule has 0 saturated carbocycles. The topological polar surface area (TPSA) is 41.1 Å². The van der Waals surface area contributed by atoms with E-state index in [0.717, 1.165) is 12.8 Å². The van der Waals surface area contributed by atoms with Crippen molar-refractivity contribution in [1.29, 1.82) is 0 Å². The van der Waals surface area contributed by atoms with E-state index in [0.29, 0.717) is 11.6 Å². The molecule has 0 aromatic rings. The Morgan fingerprint density at radius 3 is 2.13 bits per heavy atom. The van der Waals surface area contributed by atoms with Crippen LogP contribution in [-0.2, 0) is 4.79 Å². The Labute approximate surface area is 99.1 Å². The number of amides is 1. The van der Waals surface area contributed by atoms with Crippen LogP contribution in [0.1, 0.15) is 40.5 Å². The number of carbonyl (C=O) groups is 1. The summed E-state index contributed by atoms with van der Waals surface area (Å²) in [5, 5.41) is 6.16. The lowest BCUT2D eigenvalue weighted by Gasteiger charge is -2.22. The summed E-state index contributed by atoms with van der Waals surface area (Å²) in [6.45, 7) is 11.5. The van der Waals surface area contributed by atoms with Crippen LogP contribution >= 0.6 is 12.4 Å². The highest BCUT2D eigenvalue weighted by Gasteiger charge is 2.10. The molecule has 0 spiro atoms. The fourth-order valence-electron chi connectivity index (χ4n) is 1.24. The van der Waals surface area contributed by atoms with Crippen LogP contribution in [-0.4, -0.2) is 18.1 Å². The van der Waals surface area contributed by atoms with E-state index in [9.17, 15) is 4.79 Å². The second kappa shape index (κ2) is 8.74. The number of rotatable bonds is 6. The normalized spacial score (nSPS) is 11.8. The molecule has 0 aromatic heterocycles. The monoisotopic (exact) mass is 234 g/mol. The van der Waals surface area contributed by atoms with Crippen molar-refractivity contribution in [3.05, 3.63) is 12.2 Å². The summed E-state index contributed by atoms with van der Waals surface area (Å²) in [5.41, 5.74) is 0.545. The average molecular weight is 235 g/mol. The van der Waals surface area contributed by atoms with E-state index in [1.54, 1.807) is 6.92 Å². The first-order valence-electron chi connectivity index (χ1n) is 5.23. The van der Waals surface area contributed by atoms with Crippen molar-refractivity contribution >= 4 is 18.3 Å². The Hall–Kier alpha value is -0.540. The summed E-state index contributed by atoms with van der Waals surface area (Å²) in [4.78, 5) is 11.3. The third-order valence-corrected chi connectivity index (χ3v) is 2.21. The highest BCUT2D eigenvalue weighted by atomic mass is 35.5. The first-order chi connectivity index (χ1) is 6.51. The van der Waals surface area contributed by atoms with Crippen molar-refractivity contribution in [2.24, 2.45) is 0 Å². The molecule has 0 heterocycles. The molecule has 90 valence electrons. The Kier molecular flexibility index (Phi) is 9.84. The molecule has 0 rings (SSSR count). The van der Waals surface area contributed by atoms with E-state index in [1.807, 2.05) is 6.92 Å². The van der Waals surface area contributed by atoms with Crippen molar-refractivity contribution < 1.29 is 4.79 Å². The molecule has 0 aliphatic heterocycles. The van der Waals surface area contributed by atoms with Crippen LogP contribution in [0.3, 0.4) is 0 Å². The van der Waals surface area contributed by atoms with Crippen LogP contribution in [0.4, 0.5) is 0 Å². The Bertz CT molecular complexity index is 203. The first kappa shape index (κ1) is 16.9. The minimum atomic E-state index is -0.0871. The molecule has 2 N–H and O–H groups in total. The van der Waals surface area contributed by atoms with E-state index in [-0.39, 0.29) is 24.5 Å². The fourth-order valence-corrected chi connectivity index (χ4v) is 1.24. The minimum Gasteiger partial charge on any atom is -0.337 e. The predicted octanol–water partition coefficient (Wildman–Crippen LogP) is 2.22. The van der Waals surface area contributed by atoms with E-state index in [4.69, 9.17) is 0 Å². The number of hydrogen-bond donors (Lipinski definition) is 2. The maximum absolute atomic E-state index is 11.3. The molecule has 1 unspecified atom stereocenters. The van der Waals surface area contributed by atoms with E-state index in [1.165, 1.54) is 0 Å². The van der Waals surface area contributed by atoms with Crippen LogP contribution in [0, 0.1) is 0 Å². The third kappa shape index (κ3) is 7.40. The molecular formula is C11H23ClN2O. The molecule has 0 radical (unpaired) electrons. The quantitative estimate of drug-likeness (QED) is 0.547. The first-order valence-corrected chi connectivity index (χ1v) is 5.23. The molecule has 0 aromatic carbocycles. The lowest BCUT2D eigenvalue weighted by Crippen LogP contribution is -2.47. The summed E-state index contributed by atoms with van der Waals surface area (Å²) >= 11 is 0. The fraction of sp³-hybridized carbons (Fsp3) is 0.727. The van der Waals surface area contributed by atoms with Crippen LogP contribution < -0.4 is 10.6 Å². The van der Waals surface area contributed by atoms with Gasteiger partial charge in [-0.15, -0.1) is 12.4 Å².